The van der Waals surface area contributed by atoms with Gasteiger partial charge in [-0.2, -0.15) is 0 Å². The SMILES string of the molecule is O=C(O)C1(c2c(O)c(F)cc3c2OCO3)CCCC1. The Morgan fingerprint density at radius 2 is 2.00 bits per heavy atom. The third kappa shape index (κ3) is 1.55. The standard InChI is InChI=1S/C13H13FO5/c14-7-5-8-11(19-6-18-8)9(10(7)15)13(12(16)17)3-1-2-4-13/h5,15H,1-4,6H2,(H,16,17). The maximum Gasteiger partial charge on any atom is 0.314 e. The largest absolute Gasteiger partial charge is 0.505 e. The molecule has 0 saturated heterocycles. The number of halogens is 1. The number of rotatable bonds is 2. The first kappa shape index (κ1) is 12.1. The molecule has 1 aromatic carbocycles. The molecule has 6 heteroatoms. The number of fused-ring (bicyclic) bond motifs is 1. The van der Waals surface area contributed by atoms with E-state index in [0.29, 0.717) is 12.8 Å². The zero-order chi connectivity index (χ0) is 13.6. The van der Waals surface area contributed by atoms with Gasteiger partial charge in [-0.25, -0.2) is 4.39 Å². The summed E-state index contributed by atoms with van der Waals surface area (Å²) < 4.78 is 24.1. The normalized spacial score (nSPS) is 19.6. The van der Waals surface area contributed by atoms with Crippen LogP contribution < -0.4 is 9.47 Å². The van der Waals surface area contributed by atoms with E-state index in [-0.39, 0.29) is 23.9 Å². The number of carboxylic acids is 1. The van der Waals surface area contributed by atoms with Crippen molar-refractivity contribution in [1.82, 2.24) is 0 Å². The maximum atomic E-state index is 13.7. The van der Waals surface area contributed by atoms with Gasteiger partial charge in [-0.05, 0) is 12.8 Å². The molecule has 102 valence electrons. The zero-order valence-corrected chi connectivity index (χ0v) is 10.1. The molecule has 1 aliphatic carbocycles. The van der Waals surface area contributed by atoms with E-state index < -0.39 is 23.0 Å². The predicted molar refractivity (Wildman–Crippen MR) is 62.0 cm³/mol. The topological polar surface area (TPSA) is 76.0 Å². The van der Waals surface area contributed by atoms with Gasteiger partial charge >= 0.3 is 5.97 Å². The summed E-state index contributed by atoms with van der Waals surface area (Å²) in [5, 5.41) is 19.5. The molecule has 2 N–H and O–H groups in total. The van der Waals surface area contributed by atoms with Crippen LogP contribution in [0.25, 0.3) is 0 Å². The number of phenols is 1. The van der Waals surface area contributed by atoms with Gasteiger partial charge in [0.2, 0.25) is 6.79 Å². The highest BCUT2D eigenvalue weighted by Gasteiger charge is 2.49. The second-order valence-corrected chi connectivity index (χ2v) is 4.91. The second kappa shape index (κ2) is 4.01. The minimum atomic E-state index is -1.29. The Morgan fingerprint density at radius 3 is 2.63 bits per heavy atom. The summed E-state index contributed by atoms with van der Waals surface area (Å²) in [7, 11) is 0. The molecule has 3 rings (SSSR count). The van der Waals surface area contributed by atoms with Crippen molar-refractivity contribution < 1.29 is 28.9 Å². The number of hydrogen-bond acceptors (Lipinski definition) is 4. The molecular weight excluding hydrogens is 255 g/mol. The second-order valence-electron chi connectivity index (χ2n) is 4.91. The highest BCUT2D eigenvalue weighted by molar-refractivity contribution is 5.85. The minimum Gasteiger partial charge on any atom is -0.505 e. The van der Waals surface area contributed by atoms with Gasteiger partial charge in [-0.3, -0.25) is 4.79 Å². The van der Waals surface area contributed by atoms with Gasteiger partial charge in [-0.15, -0.1) is 0 Å². The quantitative estimate of drug-likeness (QED) is 0.859. The van der Waals surface area contributed by atoms with Gasteiger partial charge in [0.15, 0.2) is 23.1 Å². The lowest BCUT2D eigenvalue weighted by Gasteiger charge is -2.26. The fourth-order valence-electron chi connectivity index (χ4n) is 2.99. The van der Waals surface area contributed by atoms with Crippen LogP contribution in [-0.2, 0) is 10.2 Å². The molecular formula is C13H13FO5. The third-order valence-corrected chi connectivity index (χ3v) is 3.93. The van der Waals surface area contributed by atoms with E-state index in [1.54, 1.807) is 0 Å². The van der Waals surface area contributed by atoms with Crippen LogP contribution in [-0.4, -0.2) is 23.0 Å². The van der Waals surface area contributed by atoms with Crippen molar-refractivity contribution in [2.75, 3.05) is 6.79 Å². The molecule has 19 heavy (non-hydrogen) atoms. The molecule has 1 aromatic rings. The third-order valence-electron chi connectivity index (χ3n) is 3.93. The first-order chi connectivity index (χ1) is 9.06. The van der Waals surface area contributed by atoms with Crippen molar-refractivity contribution >= 4 is 5.97 Å². The zero-order valence-electron chi connectivity index (χ0n) is 10.1. The Hall–Kier alpha value is -1.98. The van der Waals surface area contributed by atoms with Crippen LogP contribution in [0.4, 0.5) is 4.39 Å². The van der Waals surface area contributed by atoms with E-state index >= 15 is 0 Å². The summed E-state index contributed by atoms with van der Waals surface area (Å²) in [4.78, 5) is 11.7. The molecule has 1 heterocycles. The Labute approximate surface area is 108 Å². The smallest absolute Gasteiger partial charge is 0.314 e. The minimum absolute atomic E-state index is 0.0185. The van der Waals surface area contributed by atoms with Gasteiger partial charge in [0.05, 0.1) is 5.56 Å². The fraction of sp³-hybridized carbons (Fsp3) is 0.462. The predicted octanol–water partition coefficient (Wildman–Crippen LogP) is 2.16. The van der Waals surface area contributed by atoms with Crippen LogP contribution in [0.5, 0.6) is 17.2 Å². The van der Waals surface area contributed by atoms with Crippen molar-refractivity contribution in [3.63, 3.8) is 0 Å². The van der Waals surface area contributed by atoms with Crippen LogP contribution in [0.15, 0.2) is 6.07 Å². The molecule has 1 saturated carbocycles. The van der Waals surface area contributed by atoms with Crippen LogP contribution >= 0.6 is 0 Å². The molecule has 0 spiro atoms. The van der Waals surface area contributed by atoms with Crippen LogP contribution in [0.3, 0.4) is 0 Å². The molecule has 0 bridgehead atoms. The number of carboxylic acid groups (broad SMARTS) is 1. The average molecular weight is 268 g/mol. The average Bonchev–Trinajstić information content (AvgIpc) is 2.99. The van der Waals surface area contributed by atoms with Crippen molar-refractivity contribution in [2.24, 2.45) is 0 Å². The molecule has 0 radical (unpaired) electrons. The van der Waals surface area contributed by atoms with E-state index in [4.69, 9.17) is 9.47 Å². The van der Waals surface area contributed by atoms with E-state index in [0.717, 1.165) is 18.9 Å². The number of phenolic OH excluding ortho intramolecular Hbond substituents is 1. The molecule has 0 atom stereocenters. The number of aliphatic carboxylic acids is 1. The highest BCUT2D eigenvalue weighted by atomic mass is 19.1. The molecule has 0 unspecified atom stereocenters. The first-order valence-corrected chi connectivity index (χ1v) is 6.11. The van der Waals surface area contributed by atoms with Crippen molar-refractivity contribution in [1.29, 1.82) is 0 Å². The van der Waals surface area contributed by atoms with E-state index in [1.807, 2.05) is 0 Å². The summed E-state index contributed by atoms with van der Waals surface area (Å²) in [5.74, 6) is -2.29. The van der Waals surface area contributed by atoms with E-state index in [2.05, 4.69) is 0 Å². The number of benzene rings is 1. The maximum absolute atomic E-state index is 13.7. The molecule has 5 nitrogen and oxygen atoms in total. The van der Waals surface area contributed by atoms with Gasteiger partial charge in [-0.1, -0.05) is 12.8 Å². The fourth-order valence-corrected chi connectivity index (χ4v) is 2.99. The molecule has 1 fully saturated rings. The molecule has 1 aliphatic heterocycles. The summed E-state index contributed by atoms with van der Waals surface area (Å²) in [6.45, 7) is -0.0963. The lowest BCUT2D eigenvalue weighted by Crippen LogP contribution is -2.33. The number of aromatic hydroxyl groups is 1. The van der Waals surface area contributed by atoms with Gasteiger partial charge in [0.25, 0.3) is 0 Å². The Bertz CT molecular complexity index is 548. The van der Waals surface area contributed by atoms with Crippen LogP contribution in [0.2, 0.25) is 0 Å². The van der Waals surface area contributed by atoms with Crippen LogP contribution in [0.1, 0.15) is 31.2 Å². The highest BCUT2D eigenvalue weighted by Crippen LogP contribution is 2.53. The first-order valence-electron chi connectivity index (χ1n) is 6.11. The number of carbonyl (C=O) groups is 1. The molecule has 0 aromatic heterocycles. The van der Waals surface area contributed by atoms with Gasteiger partial charge < -0.3 is 19.7 Å². The Morgan fingerprint density at radius 1 is 1.32 bits per heavy atom. The number of hydrogen-bond donors (Lipinski definition) is 2. The monoisotopic (exact) mass is 268 g/mol. The summed E-state index contributed by atoms with van der Waals surface area (Å²) in [6.07, 6.45) is 2.15. The lowest BCUT2D eigenvalue weighted by molar-refractivity contribution is -0.143. The van der Waals surface area contributed by atoms with E-state index in [9.17, 15) is 19.4 Å². The molecule has 0 amide bonds. The number of ether oxygens (including phenoxy) is 2. The van der Waals surface area contributed by atoms with Gasteiger partial charge in [0.1, 0.15) is 5.41 Å². The van der Waals surface area contributed by atoms with Crippen molar-refractivity contribution in [3.05, 3.63) is 17.4 Å². The summed E-state index contributed by atoms with van der Waals surface area (Å²) in [5.41, 5.74) is -1.27. The summed E-state index contributed by atoms with van der Waals surface area (Å²) in [6, 6.07) is 1.02. The van der Waals surface area contributed by atoms with E-state index in [1.165, 1.54) is 0 Å². The summed E-state index contributed by atoms with van der Waals surface area (Å²) >= 11 is 0. The van der Waals surface area contributed by atoms with Crippen molar-refractivity contribution in [2.45, 2.75) is 31.1 Å². The molecule has 2 aliphatic rings. The van der Waals surface area contributed by atoms with Crippen molar-refractivity contribution in [3.8, 4) is 17.2 Å². The van der Waals surface area contributed by atoms with Gasteiger partial charge in [0, 0.05) is 6.07 Å². The lowest BCUT2D eigenvalue weighted by atomic mass is 9.77. The Kier molecular flexibility index (Phi) is 2.55. The Balaban J connectivity index is 2.27. The van der Waals surface area contributed by atoms with Crippen LogP contribution in [0, 0.1) is 5.82 Å².